The highest BCUT2D eigenvalue weighted by atomic mass is 35.5. The first-order valence-electron chi connectivity index (χ1n) is 8.97. The fraction of sp³-hybridized carbons (Fsp3) is 0.250. The van der Waals surface area contributed by atoms with E-state index in [-0.39, 0.29) is 19.8 Å². The molecule has 4 rings (SSSR count). The Bertz CT molecular complexity index is 1150. The number of amides is 1. The predicted octanol–water partition coefficient (Wildman–Crippen LogP) is 3.19. The Morgan fingerprint density at radius 1 is 1.24 bits per heavy atom. The van der Waals surface area contributed by atoms with Crippen LogP contribution in [0.25, 0.3) is 10.2 Å². The number of para-hydroxylation sites is 3. The average Bonchev–Trinajstić information content (AvgIpc) is 3.06. The highest BCUT2D eigenvalue weighted by Crippen LogP contribution is 2.31. The van der Waals surface area contributed by atoms with Gasteiger partial charge in [-0.3, -0.25) is 9.59 Å². The Morgan fingerprint density at radius 3 is 2.83 bits per heavy atom. The molecule has 1 aliphatic rings. The summed E-state index contributed by atoms with van der Waals surface area (Å²) in [5.41, 5.74) is 0.630. The summed E-state index contributed by atoms with van der Waals surface area (Å²) in [5.74, 6) is 0.139. The molecule has 1 aliphatic heterocycles. The fourth-order valence-electron chi connectivity index (χ4n) is 2.96. The van der Waals surface area contributed by atoms with E-state index in [1.165, 1.54) is 11.3 Å². The van der Waals surface area contributed by atoms with Gasteiger partial charge in [0.25, 0.3) is 5.91 Å². The molecule has 2 aromatic carbocycles. The van der Waals surface area contributed by atoms with Crippen LogP contribution in [-0.4, -0.2) is 35.8 Å². The van der Waals surface area contributed by atoms with Crippen molar-refractivity contribution < 1.29 is 23.8 Å². The minimum Gasteiger partial charge on any atom is -0.485 e. The Morgan fingerprint density at radius 2 is 2.03 bits per heavy atom. The number of carbonyl (C=O) groups is 2. The molecule has 0 aliphatic carbocycles. The molecule has 0 saturated carbocycles. The molecule has 7 nitrogen and oxygen atoms in total. The van der Waals surface area contributed by atoms with E-state index >= 15 is 0 Å². The molecule has 0 fully saturated rings. The fourth-order valence-corrected chi connectivity index (χ4v) is 4.36. The van der Waals surface area contributed by atoms with E-state index in [0.29, 0.717) is 26.8 Å². The van der Waals surface area contributed by atoms with Crippen molar-refractivity contribution in [3.8, 4) is 11.5 Å². The lowest BCUT2D eigenvalue weighted by Crippen LogP contribution is -2.37. The number of thiazole rings is 1. The normalized spacial score (nSPS) is 16.1. The molecular weight excluding hydrogens is 416 g/mol. The zero-order valence-corrected chi connectivity index (χ0v) is 17.0. The standard InChI is InChI=1S/C20H17ClN2O5S/c1-2-26-17(24)10-23-18-12(21)6-5-9-16(18)29-20(23)22-19(25)15-11-27-13-7-3-4-8-14(13)28-15/h3-9,15H,2,10-11H2,1H3. The topological polar surface area (TPSA) is 79.1 Å². The number of aromatic nitrogens is 1. The number of hydrogen-bond donors (Lipinski definition) is 0. The summed E-state index contributed by atoms with van der Waals surface area (Å²) < 4.78 is 18.8. The van der Waals surface area contributed by atoms with Gasteiger partial charge in [-0.15, -0.1) is 0 Å². The number of hydrogen-bond acceptors (Lipinski definition) is 6. The van der Waals surface area contributed by atoms with Gasteiger partial charge in [0.05, 0.1) is 21.8 Å². The highest BCUT2D eigenvalue weighted by molar-refractivity contribution is 7.16. The highest BCUT2D eigenvalue weighted by Gasteiger charge is 2.27. The van der Waals surface area contributed by atoms with Crippen LogP contribution < -0.4 is 14.3 Å². The first-order chi connectivity index (χ1) is 14.1. The maximum atomic E-state index is 12.8. The van der Waals surface area contributed by atoms with E-state index < -0.39 is 18.0 Å². The second kappa shape index (κ2) is 8.26. The summed E-state index contributed by atoms with van der Waals surface area (Å²) in [7, 11) is 0. The Balaban J connectivity index is 1.71. The van der Waals surface area contributed by atoms with Crippen molar-refractivity contribution >= 4 is 45.0 Å². The molecular formula is C20H17ClN2O5S. The molecule has 0 spiro atoms. The molecule has 29 heavy (non-hydrogen) atoms. The Hall–Kier alpha value is -2.84. The molecule has 0 bridgehead atoms. The van der Waals surface area contributed by atoms with Crippen LogP contribution in [0.3, 0.4) is 0 Å². The van der Waals surface area contributed by atoms with Crippen molar-refractivity contribution in [3.63, 3.8) is 0 Å². The summed E-state index contributed by atoms with van der Waals surface area (Å²) in [4.78, 5) is 29.4. The molecule has 0 saturated heterocycles. The lowest BCUT2D eigenvalue weighted by molar-refractivity contribution is -0.143. The molecule has 3 aromatic rings. The van der Waals surface area contributed by atoms with Crippen LogP contribution in [0.2, 0.25) is 5.02 Å². The maximum absolute atomic E-state index is 12.8. The zero-order chi connectivity index (χ0) is 20.4. The predicted molar refractivity (Wildman–Crippen MR) is 108 cm³/mol. The lowest BCUT2D eigenvalue weighted by Gasteiger charge is -2.23. The van der Waals surface area contributed by atoms with E-state index in [2.05, 4.69) is 4.99 Å². The number of fused-ring (bicyclic) bond motifs is 2. The van der Waals surface area contributed by atoms with Gasteiger partial charge in [0.1, 0.15) is 13.2 Å². The van der Waals surface area contributed by atoms with E-state index in [1.807, 2.05) is 12.1 Å². The molecule has 0 radical (unpaired) electrons. The molecule has 1 aromatic heterocycles. The van der Waals surface area contributed by atoms with Crippen LogP contribution in [0.5, 0.6) is 11.5 Å². The molecule has 1 amide bonds. The van der Waals surface area contributed by atoms with Gasteiger partial charge in [-0.25, -0.2) is 0 Å². The smallest absolute Gasteiger partial charge is 0.326 e. The number of halogens is 1. The van der Waals surface area contributed by atoms with Gasteiger partial charge in [0, 0.05) is 0 Å². The minimum absolute atomic E-state index is 0.0584. The lowest BCUT2D eigenvalue weighted by atomic mass is 10.2. The molecule has 1 unspecified atom stereocenters. The number of rotatable bonds is 4. The maximum Gasteiger partial charge on any atom is 0.326 e. The average molecular weight is 433 g/mol. The number of benzene rings is 2. The molecule has 1 atom stereocenters. The SMILES string of the molecule is CCOC(=O)Cn1c(=NC(=O)C2COc3ccccc3O2)sc2cccc(Cl)c21. The second-order valence-electron chi connectivity index (χ2n) is 6.18. The van der Waals surface area contributed by atoms with Crippen molar-refractivity contribution in [1.29, 1.82) is 0 Å². The van der Waals surface area contributed by atoms with Crippen molar-refractivity contribution in [2.75, 3.05) is 13.2 Å². The molecule has 0 N–H and O–H groups in total. The van der Waals surface area contributed by atoms with E-state index in [0.717, 1.165) is 4.70 Å². The summed E-state index contributed by atoms with van der Waals surface area (Å²) in [5, 5.41) is 0.461. The monoisotopic (exact) mass is 432 g/mol. The van der Waals surface area contributed by atoms with Crippen molar-refractivity contribution in [1.82, 2.24) is 4.57 Å². The molecule has 150 valence electrons. The summed E-state index contributed by atoms with van der Waals surface area (Å²) in [6.07, 6.45) is -0.873. The number of nitrogens with zero attached hydrogens (tertiary/aromatic N) is 2. The Labute approximate surface area is 175 Å². The van der Waals surface area contributed by atoms with E-state index in [4.69, 9.17) is 25.8 Å². The summed E-state index contributed by atoms with van der Waals surface area (Å²) >= 11 is 7.60. The zero-order valence-electron chi connectivity index (χ0n) is 15.5. The van der Waals surface area contributed by atoms with Gasteiger partial charge < -0.3 is 18.8 Å². The van der Waals surface area contributed by atoms with Crippen LogP contribution in [0.15, 0.2) is 47.5 Å². The number of ether oxygens (including phenoxy) is 3. The van der Waals surface area contributed by atoms with E-state index in [9.17, 15) is 9.59 Å². The van der Waals surface area contributed by atoms with Crippen LogP contribution in [0.4, 0.5) is 0 Å². The van der Waals surface area contributed by atoms with Crippen LogP contribution >= 0.6 is 22.9 Å². The third kappa shape index (κ3) is 3.99. The van der Waals surface area contributed by atoms with Crippen LogP contribution in [0.1, 0.15) is 6.92 Å². The van der Waals surface area contributed by atoms with Crippen LogP contribution in [-0.2, 0) is 20.9 Å². The van der Waals surface area contributed by atoms with Gasteiger partial charge >= 0.3 is 5.97 Å². The number of carbonyl (C=O) groups excluding carboxylic acids is 2. The minimum atomic E-state index is -0.873. The van der Waals surface area contributed by atoms with Gasteiger partial charge in [0.15, 0.2) is 16.3 Å². The Kier molecular flexibility index (Phi) is 5.55. The first kappa shape index (κ1) is 19.5. The van der Waals surface area contributed by atoms with Crippen molar-refractivity contribution in [2.24, 2.45) is 4.99 Å². The summed E-state index contributed by atoms with van der Waals surface area (Å²) in [6, 6.07) is 12.5. The van der Waals surface area contributed by atoms with Crippen molar-refractivity contribution in [2.45, 2.75) is 19.6 Å². The molecule has 9 heteroatoms. The second-order valence-corrected chi connectivity index (χ2v) is 7.59. The molecule has 2 heterocycles. The first-order valence-corrected chi connectivity index (χ1v) is 10.2. The van der Waals surface area contributed by atoms with Gasteiger partial charge in [-0.1, -0.05) is 41.1 Å². The van der Waals surface area contributed by atoms with Gasteiger partial charge in [0.2, 0.25) is 6.10 Å². The number of esters is 1. The van der Waals surface area contributed by atoms with Crippen molar-refractivity contribution in [3.05, 3.63) is 52.3 Å². The van der Waals surface area contributed by atoms with Gasteiger partial charge in [-0.2, -0.15) is 4.99 Å². The quantitative estimate of drug-likeness (QED) is 0.591. The third-order valence-electron chi connectivity index (χ3n) is 4.23. The van der Waals surface area contributed by atoms with E-state index in [1.54, 1.807) is 41.8 Å². The largest absolute Gasteiger partial charge is 0.485 e. The van der Waals surface area contributed by atoms with Crippen LogP contribution in [0, 0.1) is 0 Å². The summed E-state index contributed by atoms with van der Waals surface area (Å²) in [6.45, 7) is 1.94. The third-order valence-corrected chi connectivity index (χ3v) is 5.58. The van der Waals surface area contributed by atoms with Gasteiger partial charge in [-0.05, 0) is 31.2 Å².